The van der Waals surface area contributed by atoms with Crippen molar-refractivity contribution in [3.63, 3.8) is 0 Å². The quantitative estimate of drug-likeness (QED) is 0.686. The van der Waals surface area contributed by atoms with Crippen LogP contribution >= 0.6 is 0 Å². The summed E-state index contributed by atoms with van der Waals surface area (Å²) >= 11 is 0. The summed E-state index contributed by atoms with van der Waals surface area (Å²) in [5, 5.41) is 3.40. The van der Waals surface area contributed by atoms with Gasteiger partial charge in [-0.05, 0) is 43.9 Å². The molecule has 4 rings (SSSR count). The van der Waals surface area contributed by atoms with Crippen molar-refractivity contribution in [2.24, 2.45) is 5.92 Å². The number of hydrogen-bond acceptors (Lipinski definition) is 3. The van der Waals surface area contributed by atoms with Gasteiger partial charge < -0.3 is 19.7 Å². The molecule has 3 atom stereocenters. The van der Waals surface area contributed by atoms with Crippen molar-refractivity contribution in [2.45, 2.75) is 58.2 Å². The van der Waals surface area contributed by atoms with Gasteiger partial charge in [0.05, 0.1) is 26.8 Å². The largest absolute Gasteiger partial charge is 0.493 e. The van der Waals surface area contributed by atoms with Gasteiger partial charge in [0, 0.05) is 23.5 Å². The summed E-state index contributed by atoms with van der Waals surface area (Å²) in [6.07, 6.45) is 3.93. The van der Waals surface area contributed by atoms with E-state index in [2.05, 4.69) is 55.6 Å². The van der Waals surface area contributed by atoms with Gasteiger partial charge in [-0.1, -0.05) is 36.8 Å². The van der Waals surface area contributed by atoms with E-state index in [0.29, 0.717) is 0 Å². The maximum atomic E-state index is 12.7. The normalized spacial score (nSPS) is 21.2. The molecule has 2 N–H and O–H groups in total. The lowest BCUT2D eigenvalue weighted by Gasteiger charge is -2.39. The van der Waals surface area contributed by atoms with Crippen LogP contribution in [0, 0.1) is 12.8 Å². The summed E-state index contributed by atoms with van der Waals surface area (Å²) in [5.74, 6) is 1.96. The van der Waals surface area contributed by atoms with Crippen LogP contribution in [0.25, 0.3) is 0 Å². The van der Waals surface area contributed by atoms with Crippen molar-refractivity contribution < 1.29 is 19.2 Å². The minimum absolute atomic E-state index is 0.0886. The average Bonchev–Trinajstić information content (AvgIpc) is 3.63. The maximum absolute atomic E-state index is 12.7. The zero-order valence-electron chi connectivity index (χ0n) is 19.2. The summed E-state index contributed by atoms with van der Waals surface area (Å²) in [4.78, 5) is 14.2. The van der Waals surface area contributed by atoms with Crippen molar-refractivity contribution >= 4 is 5.91 Å². The molecule has 0 bridgehead atoms. The smallest absolute Gasteiger partial charge is 0.223 e. The molecule has 1 amide bonds. The fourth-order valence-electron chi connectivity index (χ4n) is 4.85. The first-order chi connectivity index (χ1) is 15.0. The van der Waals surface area contributed by atoms with E-state index in [0.717, 1.165) is 50.3 Å². The Balaban J connectivity index is 1.70. The van der Waals surface area contributed by atoms with Crippen molar-refractivity contribution in [1.29, 1.82) is 0 Å². The van der Waals surface area contributed by atoms with E-state index in [4.69, 9.17) is 9.47 Å². The number of methoxy groups -OCH3 is 2. The van der Waals surface area contributed by atoms with E-state index >= 15 is 0 Å². The summed E-state index contributed by atoms with van der Waals surface area (Å²) in [6.45, 7) is 6.26. The number of fused-ring (bicyclic) bond motifs is 1. The highest BCUT2D eigenvalue weighted by molar-refractivity contribution is 5.81. The molecule has 0 aromatic heterocycles. The summed E-state index contributed by atoms with van der Waals surface area (Å²) in [6, 6.07) is 13.4. The number of ether oxygens (including phenoxy) is 2. The molecule has 2 aromatic rings. The molecular weight excluding hydrogens is 388 g/mol. The molecule has 1 saturated carbocycles. The lowest BCUT2D eigenvalue weighted by atomic mass is 9.86. The molecule has 1 aliphatic heterocycles. The van der Waals surface area contributed by atoms with E-state index in [-0.39, 0.29) is 23.9 Å². The summed E-state index contributed by atoms with van der Waals surface area (Å²) in [5.41, 5.74) is 5.18. The summed E-state index contributed by atoms with van der Waals surface area (Å²) in [7, 11) is 3.37. The SMILES string of the molecule is CC[C@@H](NC(=O)C1CC1)[C@H]1c2cc(OC)c(OC)cc2CC[NH+]1Cc1ccc(C)cc1. The van der Waals surface area contributed by atoms with Crippen molar-refractivity contribution in [1.82, 2.24) is 5.32 Å². The van der Waals surface area contributed by atoms with Gasteiger partial charge >= 0.3 is 0 Å². The molecule has 1 fully saturated rings. The predicted octanol–water partition coefficient (Wildman–Crippen LogP) is 3.00. The third-order valence-corrected chi connectivity index (χ3v) is 6.81. The Bertz CT molecular complexity index is 921. The molecule has 0 saturated heterocycles. The van der Waals surface area contributed by atoms with Gasteiger partial charge in [-0.15, -0.1) is 0 Å². The monoisotopic (exact) mass is 423 g/mol. The second-order valence-corrected chi connectivity index (χ2v) is 9.00. The van der Waals surface area contributed by atoms with Gasteiger partial charge in [0.15, 0.2) is 11.5 Å². The lowest BCUT2D eigenvalue weighted by molar-refractivity contribution is -0.948. The predicted molar refractivity (Wildman–Crippen MR) is 122 cm³/mol. The Morgan fingerprint density at radius 3 is 2.42 bits per heavy atom. The minimum Gasteiger partial charge on any atom is -0.493 e. The van der Waals surface area contributed by atoms with Gasteiger partial charge in [-0.25, -0.2) is 0 Å². The number of rotatable bonds is 8. The molecule has 166 valence electrons. The fraction of sp³-hybridized carbons (Fsp3) is 0.500. The maximum Gasteiger partial charge on any atom is 0.223 e. The second-order valence-electron chi connectivity index (χ2n) is 9.00. The molecule has 31 heavy (non-hydrogen) atoms. The van der Waals surface area contributed by atoms with E-state index in [1.165, 1.54) is 27.2 Å². The first-order valence-electron chi connectivity index (χ1n) is 11.5. The van der Waals surface area contributed by atoms with Crippen LogP contribution in [0.15, 0.2) is 36.4 Å². The zero-order valence-corrected chi connectivity index (χ0v) is 19.2. The fourth-order valence-corrected chi connectivity index (χ4v) is 4.85. The Morgan fingerprint density at radius 1 is 1.13 bits per heavy atom. The van der Waals surface area contributed by atoms with Gasteiger partial charge in [0.25, 0.3) is 0 Å². The van der Waals surface area contributed by atoms with Crippen molar-refractivity contribution in [3.05, 3.63) is 58.7 Å². The number of benzene rings is 2. The number of carbonyl (C=O) groups excluding carboxylic acids is 1. The van der Waals surface area contributed by atoms with Crippen LogP contribution in [0.2, 0.25) is 0 Å². The molecule has 0 spiro atoms. The van der Waals surface area contributed by atoms with Gasteiger partial charge in [0.1, 0.15) is 12.6 Å². The number of quaternary nitrogens is 1. The third-order valence-electron chi connectivity index (χ3n) is 6.81. The molecule has 1 aliphatic carbocycles. The Hall–Kier alpha value is -2.53. The highest BCUT2D eigenvalue weighted by atomic mass is 16.5. The van der Waals surface area contributed by atoms with Crippen LogP contribution in [-0.2, 0) is 17.8 Å². The van der Waals surface area contributed by atoms with Crippen LogP contribution in [-0.4, -0.2) is 32.7 Å². The molecule has 5 nitrogen and oxygen atoms in total. The number of aryl methyl sites for hydroxylation is 1. The molecule has 2 aromatic carbocycles. The zero-order chi connectivity index (χ0) is 22.0. The van der Waals surface area contributed by atoms with E-state index in [1.807, 2.05) is 0 Å². The minimum atomic E-state index is 0.0886. The van der Waals surface area contributed by atoms with Crippen LogP contribution < -0.4 is 19.7 Å². The van der Waals surface area contributed by atoms with E-state index < -0.39 is 0 Å². The Kier molecular flexibility index (Phi) is 6.51. The van der Waals surface area contributed by atoms with Gasteiger partial charge in [-0.3, -0.25) is 4.79 Å². The third kappa shape index (κ3) is 4.72. The highest BCUT2D eigenvalue weighted by Crippen LogP contribution is 2.36. The number of hydrogen-bond donors (Lipinski definition) is 2. The van der Waals surface area contributed by atoms with Crippen LogP contribution in [0.1, 0.15) is 54.5 Å². The molecular formula is C26H35N2O3+. The highest BCUT2D eigenvalue weighted by Gasteiger charge is 2.40. The summed E-state index contributed by atoms with van der Waals surface area (Å²) < 4.78 is 11.2. The molecule has 0 radical (unpaired) electrons. The van der Waals surface area contributed by atoms with Crippen LogP contribution in [0.5, 0.6) is 11.5 Å². The second kappa shape index (κ2) is 9.31. The molecule has 5 heteroatoms. The van der Waals surface area contributed by atoms with Crippen LogP contribution in [0.3, 0.4) is 0 Å². The number of nitrogens with one attached hydrogen (secondary N) is 2. The Labute approximate surface area is 185 Å². The van der Waals surface area contributed by atoms with Crippen molar-refractivity contribution in [3.8, 4) is 11.5 Å². The van der Waals surface area contributed by atoms with E-state index in [9.17, 15) is 4.79 Å². The van der Waals surface area contributed by atoms with Crippen LogP contribution in [0.4, 0.5) is 0 Å². The first kappa shape index (κ1) is 21.7. The Morgan fingerprint density at radius 2 is 1.81 bits per heavy atom. The molecule has 1 unspecified atom stereocenters. The van der Waals surface area contributed by atoms with Gasteiger partial charge in [0.2, 0.25) is 5.91 Å². The van der Waals surface area contributed by atoms with Crippen molar-refractivity contribution in [2.75, 3.05) is 20.8 Å². The topological polar surface area (TPSA) is 52.0 Å². The number of amides is 1. The number of carbonyl (C=O) groups is 1. The molecule has 1 heterocycles. The first-order valence-corrected chi connectivity index (χ1v) is 11.5. The standard InChI is InChI=1S/C26H34N2O3/c1-5-22(27-26(29)19-10-11-19)25-21-15-24(31-4)23(30-3)14-20(21)12-13-28(25)16-18-8-6-17(2)7-9-18/h6-9,14-15,19,22,25H,5,10-13,16H2,1-4H3,(H,27,29)/p+1/t22-,25-/m1/s1. The van der Waals surface area contributed by atoms with E-state index in [1.54, 1.807) is 14.2 Å². The van der Waals surface area contributed by atoms with Gasteiger partial charge in [-0.2, -0.15) is 0 Å². The average molecular weight is 424 g/mol. The molecule has 2 aliphatic rings. The lowest BCUT2D eigenvalue weighted by Crippen LogP contribution is -3.13.